The largest absolute Gasteiger partial charge is 0.481 e. The van der Waals surface area contributed by atoms with E-state index in [2.05, 4.69) is 0 Å². The van der Waals surface area contributed by atoms with Crippen LogP contribution in [0.3, 0.4) is 0 Å². The first-order valence-corrected chi connectivity index (χ1v) is 4.34. The summed E-state index contributed by atoms with van der Waals surface area (Å²) >= 11 is 0. The minimum Gasteiger partial charge on any atom is -0.481 e. The van der Waals surface area contributed by atoms with Gasteiger partial charge in [0, 0.05) is 0 Å². The van der Waals surface area contributed by atoms with Crippen LogP contribution in [0.4, 0.5) is 0 Å². The Bertz CT molecular complexity index is 176. The molecule has 0 heterocycles. The number of carboxylic acids is 1. The number of carbonyl (C=O) groups is 1. The van der Waals surface area contributed by atoms with Gasteiger partial charge >= 0.3 is 5.97 Å². The lowest BCUT2D eigenvalue weighted by molar-refractivity contribution is -0.150. The Hall–Kier alpha value is -0.610. The summed E-state index contributed by atoms with van der Waals surface area (Å²) in [4.78, 5) is 10.8. The van der Waals surface area contributed by atoms with Crippen LogP contribution in [0.15, 0.2) is 0 Å². The quantitative estimate of drug-likeness (QED) is 0.589. The molecule has 0 bridgehead atoms. The maximum atomic E-state index is 10.8. The molecule has 2 unspecified atom stereocenters. The molecule has 0 aliphatic heterocycles. The fourth-order valence-corrected chi connectivity index (χ4v) is 0.988. The molecule has 0 aliphatic carbocycles. The van der Waals surface area contributed by atoms with Crippen molar-refractivity contribution in [3.63, 3.8) is 0 Å². The summed E-state index contributed by atoms with van der Waals surface area (Å²) in [6.45, 7) is 4.67. The summed E-state index contributed by atoms with van der Waals surface area (Å²) in [6.07, 6.45) is -0.524. The Kier molecular flexibility index (Phi) is 4.36. The first kappa shape index (κ1) is 12.4. The van der Waals surface area contributed by atoms with E-state index in [-0.39, 0.29) is 12.5 Å². The lowest BCUT2D eigenvalue weighted by atomic mass is 9.77. The number of hydrogen-bond donors (Lipinski definition) is 3. The second kappa shape index (κ2) is 4.58. The lowest BCUT2D eigenvalue weighted by Crippen LogP contribution is -2.34. The average Bonchev–Trinajstić information content (AvgIpc) is 2.03. The molecule has 0 saturated heterocycles. The molecule has 4 heteroatoms. The molecule has 0 saturated carbocycles. The molecule has 0 aromatic rings. The lowest BCUT2D eigenvalue weighted by Gasteiger charge is -2.28. The SMILES string of the molecule is CC(CC(O)CO)C(C)(C)C(=O)O. The number of rotatable bonds is 5. The van der Waals surface area contributed by atoms with Crippen molar-refractivity contribution in [2.45, 2.75) is 33.3 Å². The van der Waals surface area contributed by atoms with Gasteiger partial charge in [-0.3, -0.25) is 4.79 Å². The van der Waals surface area contributed by atoms with E-state index in [1.807, 2.05) is 0 Å². The summed E-state index contributed by atoms with van der Waals surface area (Å²) < 4.78 is 0. The third-order valence-corrected chi connectivity index (χ3v) is 2.62. The van der Waals surface area contributed by atoms with Gasteiger partial charge in [-0.05, 0) is 26.2 Å². The molecule has 0 amide bonds. The molecule has 78 valence electrons. The van der Waals surface area contributed by atoms with Crippen molar-refractivity contribution in [3.05, 3.63) is 0 Å². The molecule has 2 atom stereocenters. The number of aliphatic hydroxyl groups is 2. The zero-order valence-corrected chi connectivity index (χ0v) is 8.32. The van der Waals surface area contributed by atoms with Crippen LogP contribution >= 0.6 is 0 Å². The molecule has 3 N–H and O–H groups in total. The highest BCUT2D eigenvalue weighted by atomic mass is 16.4. The molecule has 13 heavy (non-hydrogen) atoms. The van der Waals surface area contributed by atoms with Gasteiger partial charge in [-0.15, -0.1) is 0 Å². The van der Waals surface area contributed by atoms with E-state index in [1.54, 1.807) is 20.8 Å². The summed E-state index contributed by atoms with van der Waals surface area (Å²) in [7, 11) is 0. The van der Waals surface area contributed by atoms with E-state index >= 15 is 0 Å². The van der Waals surface area contributed by atoms with Gasteiger partial charge in [0.05, 0.1) is 18.1 Å². The summed E-state index contributed by atoms with van der Waals surface area (Å²) in [5.74, 6) is -1.06. The topological polar surface area (TPSA) is 77.8 Å². The van der Waals surface area contributed by atoms with E-state index < -0.39 is 17.5 Å². The van der Waals surface area contributed by atoms with Gasteiger partial charge < -0.3 is 15.3 Å². The Morgan fingerprint density at radius 3 is 2.23 bits per heavy atom. The molecule has 0 aliphatic rings. The van der Waals surface area contributed by atoms with Crippen molar-refractivity contribution in [2.75, 3.05) is 6.61 Å². The van der Waals surface area contributed by atoms with E-state index in [9.17, 15) is 4.79 Å². The molecule has 0 aromatic carbocycles. The Morgan fingerprint density at radius 1 is 1.46 bits per heavy atom. The maximum absolute atomic E-state index is 10.8. The van der Waals surface area contributed by atoms with Gasteiger partial charge in [-0.25, -0.2) is 0 Å². The molecule has 4 nitrogen and oxygen atoms in total. The second-order valence-corrected chi connectivity index (χ2v) is 4.00. The van der Waals surface area contributed by atoms with E-state index in [0.29, 0.717) is 6.42 Å². The Balaban J connectivity index is 4.24. The van der Waals surface area contributed by atoms with E-state index in [1.165, 1.54) is 0 Å². The van der Waals surface area contributed by atoms with Crippen molar-refractivity contribution < 1.29 is 20.1 Å². The fraction of sp³-hybridized carbons (Fsp3) is 0.889. The van der Waals surface area contributed by atoms with Crippen LogP contribution in [0.1, 0.15) is 27.2 Å². The minimum atomic E-state index is -0.884. The highest BCUT2D eigenvalue weighted by Crippen LogP contribution is 2.30. The van der Waals surface area contributed by atoms with E-state index in [4.69, 9.17) is 15.3 Å². The summed E-state index contributed by atoms with van der Waals surface area (Å²) in [6, 6.07) is 0. The van der Waals surface area contributed by atoms with Gasteiger partial charge in [-0.1, -0.05) is 6.92 Å². The van der Waals surface area contributed by atoms with Crippen molar-refractivity contribution in [3.8, 4) is 0 Å². The van der Waals surface area contributed by atoms with Gasteiger partial charge in [0.2, 0.25) is 0 Å². The van der Waals surface area contributed by atoms with Crippen LogP contribution < -0.4 is 0 Å². The normalized spacial score (nSPS) is 16.7. The number of aliphatic hydroxyl groups excluding tert-OH is 2. The van der Waals surface area contributed by atoms with Gasteiger partial charge in [0.1, 0.15) is 0 Å². The number of hydrogen-bond acceptors (Lipinski definition) is 3. The average molecular weight is 190 g/mol. The highest BCUT2D eigenvalue weighted by Gasteiger charge is 2.34. The van der Waals surface area contributed by atoms with Crippen molar-refractivity contribution >= 4 is 5.97 Å². The van der Waals surface area contributed by atoms with Gasteiger partial charge in [0.25, 0.3) is 0 Å². The Morgan fingerprint density at radius 2 is 1.92 bits per heavy atom. The molecule has 0 radical (unpaired) electrons. The van der Waals surface area contributed by atoms with Crippen LogP contribution in [0, 0.1) is 11.3 Å². The van der Waals surface area contributed by atoms with Crippen LogP contribution in [-0.2, 0) is 4.79 Å². The molecular formula is C9H18O4. The third kappa shape index (κ3) is 3.32. The molecule has 0 fully saturated rings. The fourth-order valence-electron chi connectivity index (χ4n) is 0.988. The smallest absolute Gasteiger partial charge is 0.309 e. The highest BCUT2D eigenvalue weighted by molar-refractivity contribution is 5.73. The molecule has 0 spiro atoms. The van der Waals surface area contributed by atoms with Gasteiger partial charge in [0.15, 0.2) is 0 Å². The predicted molar refractivity (Wildman–Crippen MR) is 48.3 cm³/mol. The second-order valence-electron chi connectivity index (χ2n) is 4.00. The standard InChI is InChI=1S/C9H18O4/c1-6(4-7(11)5-10)9(2,3)8(12)13/h6-7,10-11H,4-5H2,1-3H3,(H,12,13). The maximum Gasteiger partial charge on any atom is 0.309 e. The van der Waals surface area contributed by atoms with Crippen LogP contribution in [0.5, 0.6) is 0 Å². The molecular weight excluding hydrogens is 172 g/mol. The summed E-state index contributed by atoms with van der Waals surface area (Å²) in [5.41, 5.74) is -0.865. The summed E-state index contributed by atoms with van der Waals surface area (Å²) in [5, 5.41) is 26.6. The van der Waals surface area contributed by atoms with Crippen molar-refractivity contribution in [2.24, 2.45) is 11.3 Å². The Labute approximate surface area is 78.2 Å². The minimum absolute atomic E-state index is 0.174. The van der Waals surface area contributed by atoms with Crippen LogP contribution in [-0.4, -0.2) is 34.0 Å². The van der Waals surface area contributed by atoms with Crippen molar-refractivity contribution in [1.82, 2.24) is 0 Å². The predicted octanol–water partition coefficient (Wildman–Crippen LogP) is 0.477. The monoisotopic (exact) mass is 190 g/mol. The zero-order chi connectivity index (χ0) is 10.6. The zero-order valence-electron chi connectivity index (χ0n) is 8.32. The molecule has 0 aromatic heterocycles. The first-order chi connectivity index (χ1) is 5.82. The van der Waals surface area contributed by atoms with Crippen molar-refractivity contribution in [1.29, 1.82) is 0 Å². The van der Waals surface area contributed by atoms with Gasteiger partial charge in [-0.2, -0.15) is 0 Å². The molecule has 0 rings (SSSR count). The first-order valence-electron chi connectivity index (χ1n) is 4.34. The number of aliphatic carboxylic acids is 1. The van der Waals surface area contributed by atoms with E-state index in [0.717, 1.165) is 0 Å². The van der Waals surface area contributed by atoms with Crippen LogP contribution in [0.25, 0.3) is 0 Å². The third-order valence-electron chi connectivity index (χ3n) is 2.62. The number of carboxylic acid groups (broad SMARTS) is 1. The van der Waals surface area contributed by atoms with Crippen LogP contribution in [0.2, 0.25) is 0 Å².